The summed E-state index contributed by atoms with van der Waals surface area (Å²) in [5.74, 6) is 0.107. The molecule has 2 heterocycles. The highest BCUT2D eigenvalue weighted by Gasteiger charge is 2.30. The normalized spacial score (nSPS) is 16.6. The van der Waals surface area contributed by atoms with Gasteiger partial charge in [-0.1, -0.05) is 46.3 Å². The van der Waals surface area contributed by atoms with E-state index in [1.807, 2.05) is 17.2 Å². The van der Waals surface area contributed by atoms with Crippen molar-refractivity contribution in [3.8, 4) is 0 Å². The Morgan fingerprint density at radius 2 is 2.07 bits per heavy atom. The first kappa shape index (κ1) is 18.7. The number of hydrogen-bond acceptors (Lipinski definition) is 3. The first-order chi connectivity index (χ1) is 13.6. The number of aromatic amines is 1. The predicted octanol–water partition coefficient (Wildman–Crippen LogP) is 4.15. The fourth-order valence-corrected chi connectivity index (χ4v) is 4.32. The zero-order valence-corrected chi connectivity index (χ0v) is 17.4. The number of nitrogens with zero attached hydrogens (tertiary/aromatic N) is 3. The molecule has 1 atom stereocenters. The van der Waals surface area contributed by atoms with Crippen molar-refractivity contribution in [3.63, 3.8) is 0 Å². The Balaban J connectivity index is 1.71. The number of carbonyl (C=O) groups excluding carboxylic acids is 1. The number of amides is 1. The van der Waals surface area contributed by atoms with Crippen LogP contribution in [0, 0.1) is 0 Å². The van der Waals surface area contributed by atoms with Crippen LogP contribution in [0.25, 0.3) is 0 Å². The standard InChI is InChI=1S/C22H23BrN4O/c1-16(28)27-12-18-10-19(23)7-8-22(18)26(13-20-11-24-15-25-20)14-21(27)9-17-5-3-2-4-6-17/h2-8,10-11,15,21H,9,12-14H2,1H3,(H,24,25)/t21-/m0/s1. The molecule has 0 spiro atoms. The minimum absolute atomic E-state index is 0.0917. The van der Waals surface area contributed by atoms with E-state index in [2.05, 4.69) is 73.3 Å². The van der Waals surface area contributed by atoms with Gasteiger partial charge in [0.1, 0.15) is 0 Å². The Kier molecular flexibility index (Phi) is 5.48. The molecule has 6 heteroatoms. The Bertz CT molecular complexity index is 942. The van der Waals surface area contributed by atoms with Crippen LogP contribution in [0.2, 0.25) is 0 Å². The number of halogens is 1. The number of carbonyl (C=O) groups is 1. The van der Waals surface area contributed by atoms with E-state index >= 15 is 0 Å². The smallest absolute Gasteiger partial charge is 0.220 e. The van der Waals surface area contributed by atoms with Gasteiger partial charge in [0.05, 0.1) is 24.6 Å². The molecular formula is C22H23BrN4O. The second kappa shape index (κ2) is 8.19. The largest absolute Gasteiger partial charge is 0.363 e. The van der Waals surface area contributed by atoms with Crippen molar-refractivity contribution in [1.82, 2.24) is 14.9 Å². The van der Waals surface area contributed by atoms with E-state index in [0.29, 0.717) is 6.54 Å². The lowest BCUT2D eigenvalue weighted by atomic mass is 10.0. The maximum absolute atomic E-state index is 12.6. The van der Waals surface area contributed by atoms with Gasteiger partial charge >= 0.3 is 0 Å². The average Bonchev–Trinajstić information content (AvgIpc) is 3.14. The first-order valence-electron chi connectivity index (χ1n) is 9.42. The van der Waals surface area contributed by atoms with E-state index in [1.165, 1.54) is 11.3 Å². The summed E-state index contributed by atoms with van der Waals surface area (Å²) in [5.41, 5.74) is 4.62. The molecule has 0 aliphatic carbocycles. The van der Waals surface area contributed by atoms with Crippen molar-refractivity contribution >= 4 is 27.5 Å². The van der Waals surface area contributed by atoms with E-state index in [0.717, 1.165) is 35.2 Å². The van der Waals surface area contributed by atoms with E-state index in [-0.39, 0.29) is 11.9 Å². The fraction of sp³-hybridized carbons (Fsp3) is 0.273. The van der Waals surface area contributed by atoms with Gasteiger partial charge < -0.3 is 14.8 Å². The number of nitrogens with one attached hydrogen (secondary N) is 1. The maximum atomic E-state index is 12.6. The van der Waals surface area contributed by atoms with Crippen LogP contribution in [0.15, 0.2) is 65.5 Å². The molecule has 0 bridgehead atoms. The van der Waals surface area contributed by atoms with E-state index in [4.69, 9.17) is 0 Å². The minimum Gasteiger partial charge on any atom is -0.363 e. The van der Waals surface area contributed by atoms with Crippen LogP contribution < -0.4 is 4.90 Å². The zero-order valence-electron chi connectivity index (χ0n) is 15.8. The fourth-order valence-electron chi connectivity index (χ4n) is 3.91. The van der Waals surface area contributed by atoms with Crippen LogP contribution in [-0.2, 0) is 24.3 Å². The summed E-state index contributed by atoms with van der Waals surface area (Å²) in [6.45, 7) is 3.77. The second-order valence-corrected chi connectivity index (χ2v) is 8.14. The number of benzene rings is 2. The molecule has 28 heavy (non-hydrogen) atoms. The highest BCUT2D eigenvalue weighted by Crippen LogP contribution is 2.32. The summed E-state index contributed by atoms with van der Waals surface area (Å²) < 4.78 is 1.03. The lowest BCUT2D eigenvalue weighted by molar-refractivity contribution is -0.131. The van der Waals surface area contributed by atoms with Gasteiger partial charge in [-0.3, -0.25) is 4.79 Å². The van der Waals surface area contributed by atoms with Crippen LogP contribution in [-0.4, -0.2) is 33.4 Å². The third-order valence-corrected chi connectivity index (χ3v) is 5.72. The molecule has 1 aliphatic rings. The summed E-state index contributed by atoms with van der Waals surface area (Å²) >= 11 is 3.58. The van der Waals surface area contributed by atoms with Gasteiger partial charge in [0.25, 0.3) is 0 Å². The summed E-state index contributed by atoms with van der Waals surface area (Å²) in [6, 6.07) is 16.8. The Morgan fingerprint density at radius 3 is 2.79 bits per heavy atom. The quantitative estimate of drug-likeness (QED) is 0.665. The number of hydrogen-bond donors (Lipinski definition) is 1. The topological polar surface area (TPSA) is 52.2 Å². The van der Waals surface area contributed by atoms with Gasteiger partial charge in [-0.05, 0) is 35.7 Å². The van der Waals surface area contributed by atoms with Gasteiger partial charge in [0.2, 0.25) is 5.91 Å². The summed E-state index contributed by atoms with van der Waals surface area (Å²) in [5, 5.41) is 0. The van der Waals surface area contributed by atoms with Crippen molar-refractivity contribution in [2.45, 2.75) is 32.5 Å². The molecule has 0 saturated heterocycles. The van der Waals surface area contributed by atoms with Gasteiger partial charge in [0.15, 0.2) is 0 Å². The number of imidazole rings is 1. The molecule has 0 saturated carbocycles. The number of H-pyrrole nitrogens is 1. The number of anilines is 1. The molecule has 1 aromatic heterocycles. The van der Waals surface area contributed by atoms with Crippen LogP contribution >= 0.6 is 15.9 Å². The SMILES string of the molecule is CC(=O)N1Cc2cc(Br)ccc2N(Cc2cnc[nH]2)C[C@@H]1Cc1ccccc1. The molecule has 5 nitrogen and oxygen atoms in total. The molecule has 1 N–H and O–H groups in total. The average molecular weight is 439 g/mol. The highest BCUT2D eigenvalue weighted by molar-refractivity contribution is 9.10. The van der Waals surface area contributed by atoms with Crippen LogP contribution in [0.3, 0.4) is 0 Å². The predicted molar refractivity (Wildman–Crippen MR) is 114 cm³/mol. The zero-order chi connectivity index (χ0) is 19.5. The Morgan fingerprint density at radius 1 is 1.25 bits per heavy atom. The number of fused-ring (bicyclic) bond motifs is 1. The first-order valence-corrected chi connectivity index (χ1v) is 10.2. The molecule has 3 aromatic rings. The third kappa shape index (κ3) is 4.12. The van der Waals surface area contributed by atoms with Crippen molar-refractivity contribution in [1.29, 1.82) is 0 Å². The molecule has 1 amide bonds. The van der Waals surface area contributed by atoms with E-state index < -0.39 is 0 Å². The minimum atomic E-state index is 0.0917. The van der Waals surface area contributed by atoms with Crippen molar-refractivity contribution < 1.29 is 4.79 Å². The monoisotopic (exact) mass is 438 g/mol. The van der Waals surface area contributed by atoms with E-state index in [9.17, 15) is 4.79 Å². The molecule has 0 radical (unpaired) electrons. The van der Waals surface area contributed by atoms with Gasteiger partial charge in [-0.15, -0.1) is 0 Å². The van der Waals surface area contributed by atoms with Crippen molar-refractivity contribution in [2.75, 3.05) is 11.4 Å². The highest BCUT2D eigenvalue weighted by atomic mass is 79.9. The molecule has 0 unspecified atom stereocenters. The lowest BCUT2D eigenvalue weighted by Gasteiger charge is -2.32. The van der Waals surface area contributed by atoms with Gasteiger partial charge in [0, 0.05) is 36.4 Å². The van der Waals surface area contributed by atoms with Crippen molar-refractivity contribution in [2.24, 2.45) is 0 Å². The van der Waals surface area contributed by atoms with Gasteiger partial charge in [-0.25, -0.2) is 4.98 Å². The second-order valence-electron chi connectivity index (χ2n) is 7.22. The number of aromatic nitrogens is 2. The van der Waals surface area contributed by atoms with Crippen molar-refractivity contribution in [3.05, 3.63) is 82.3 Å². The Labute approximate surface area is 173 Å². The molecule has 144 valence electrons. The lowest BCUT2D eigenvalue weighted by Crippen LogP contribution is -2.44. The molecule has 4 rings (SSSR count). The van der Waals surface area contributed by atoms with Crippen LogP contribution in [0.4, 0.5) is 5.69 Å². The van der Waals surface area contributed by atoms with E-state index in [1.54, 1.807) is 13.3 Å². The number of rotatable bonds is 4. The molecule has 1 aliphatic heterocycles. The Hall–Kier alpha value is -2.60. The third-order valence-electron chi connectivity index (χ3n) is 5.23. The van der Waals surface area contributed by atoms with Gasteiger partial charge in [-0.2, -0.15) is 0 Å². The summed E-state index contributed by atoms with van der Waals surface area (Å²) in [7, 11) is 0. The maximum Gasteiger partial charge on any atom is 0.220 e. The summed E-state index contributed by atoms with van der Waals surface area (Å²) in [4.78, 5) is 24.3. The molecule has 0 fully saturated rings. The van der Waals surface area contributed by atoms with Crippen LogP contribution in [0.5, 0.6) is 0 Å². The molecule has 2 aromatic carbocycles. The summed E-state index contributed by atoms with van der Waals surface area (Å²) in [6.07, 6.45) is 4.40. The molecular weight excluding hydrogens is 416 g/mol. The van der Waals surface area contributed by atoms with Crippen LogP contribution in [0.1, 0.15) is 23.7 Å².